The number of halogens is 1. The average molecular weight is 538 g/mol. The number of amides is 1. The Bertz CT molecular complexity index is 840. The van der Waals surface area contributed by atoms with Crippen LogP contribution in [0.3, 0.4) is 0 Å². The van der Waals surface area contributed by atoms with Crippen LogP contribution in [0.2, 0.25) is 0 Å². The van der Waals surface area contributed by atoms with Gasteiger partial charge in [-0.05, 0) is 55.2 Å². The second-order valence-electron chi connectivity index (χ2n) is 7.27. The van der Waals surface area contributed by atoms with Crippen molar-refractivity contribution < 1.29 is 9.53 Å². The van der Waals surface area contributed by atoms with Crippen molar-refractivity contribution >= 4 is 35.8 Å². The number of nitrogens with zero attached hydrogens (tertiary/aromatic N) is 2. The van der Waals surface area contributed by atoms with Crippen LogP contribution in [0.25, 0.3) is 0 Å². The highest BCUT2D eigenvalue weighted by molar-refractivity contribution is 14.0. The second kappa shape index (κ2) is 14.7. The van der Waals surface area contributed by atoms with Gasteiger partial charge in [0.1, 0.15) is 5.75 Å². The molecule has 1 amide bonds. The first-order chi connectivity index (χ1) is 14.5. The minimum absolute atomic E-state index is 0. The summed E-state index contributed by atoms with van der Waals surface area (Å²) in [6.07, 6.45) is 1.79. The van der Waals surface area contributed by atoms with Crippen LogP contribution in [0, 0.1) is 0 Å². The number of nitrogens with one attached hydrogen (secondary N) is 2. The van der Waals surface area contributed by atoms with Crippen molar-refractivity contribution in [3.8, 4) is 5.75 Å². The molecule has 2 aromatic carbocycles. The molecule has 2 aromatic rings. The Kier molecular flexibility index (Phi) is 12.7. The van der Waals surface area contributed by atoms with Crippen molar-refractivity contribution in [2.24, 2.45) is 4.99 Å². The van der Waals surface area contributed by atoms with Crippen LogP contribution in [-0.2, 0) is 13.0 Å². The smallest absolute Gasteiger partial charge is 0.253 e. The van der Waals surface area contributed by atoms with E-state index < -0.39 is 0 Å². The molecule has 0 heterocycles. The number of guanidine groups is 1. The summed E-state index contributed by atoms with van der Waals surface area (Å²) in [7, 11) is 3.53. The zero-order chi connectivity index (χ0) is 21.8. The summed E-state index contributed by atoms with van der Waals surface area (Å²) in [6.45, 7) is 6.96. The number of hydrogen-bond donors (Lipinski definition) is 2. The summed E-state index contributed by atoms with van der Waals surface area (Å²) in [5, 5.41) is 6.65. The van der Waals surface area contributed by atoms with Crippen LogP contribution in [0.1, 0.15) is 41.8 Å². The molecule has 0 aliphatic heterocycles. The number of aliphatic imine (C=N–C) groups is 1. The molecule has 2 N–H and O–H groups in total. The van der Waals surface area contributed by atoms with Gasteiger partial charge in [0.2, 0.25) is 0 Å². The molecular formula is C24H35IN4O2. The van der Waals surface area contributed by atoms with E-state index in [1.54, 1.807) is 19.0 Å². The Morgan fingerprint density at radius 2 is 1.77 bits per heavy atom. The van der Waals surface area contributed by atoms with Crippen molar-refractivity contribution in [2.45, 2.75) is 33.2 Å². The Labute approximate surface area is 203 Å². The summed E-state index contributed by atoms with van der Waals surface area (Å²) < 4.78 is 5.70. The van der Waals surface area contributed by atoms with E-state index in [4.69, 9.17) is 4.74 Å². The van der Waals surface area contributed by atoms with Gasteiger partial charge in [-0.1, -0.05) is 31.2 Å². The Balaban J connectivity index is 0.00000480. The highest BCUT2D eigenvalue weighted by Crippen LogP contribution is 2.14. The third-order valence-corrected chi connectivity index (χ3v) is 4.42. The van der Waals surface area contributed by atoms with Crippen molar-refractivity contribution in [1.82, 2.24) is 15.5 Å². The van der Waals surface area contributed by atoms with Crippen molar-refractivity contribution in [1.29, 1.82) is 0 Å². The fourth-order valence-corrected chi connectivity index (χ4v) is 2.91. The van der Waals surface area contributed by atoms with Crippen LogP contribution in [-0.4, -0.2) is 50.6 Å². The summed E-state index contributed by atoms with van der Waals surface area (Å²) in [4.78, 5) is 18.4. The molecule has 170 valence electrons. The zero-order valence-electron chi connectivity index (χ0n) is 19.0. The van der Waals surface area contributed by atoms with Gasteiger partial charge >= 0.3 is 0 Å². The van der Waals surface area contributed by atoms with Crippen LogP contribution in [0.15, 0.2) is 53.5 Å². The van der Waals surface area contributed by atoms with E-state index in [0.29, 0.717) is 12.1 Å². The van der Waals surface area contributed by atoms with Gasteiger partial charge in [0.25, 0.3) is 5.91 Å². The van der Waals surface area contributed by atoms with E-state index in [1.807, 2.05) is 49.4 Å². The first-order valence-electron chi connectivity index (χ1n) is 10.6. The van der Waals surface area contributed by atoms with Crippen LogP contribution < -0.4 is 15.4 Å². The standard InChI is InChI=1S/C24H34N4O2.HI/c1-5-15-30-22-12-8-10-20(17-22)18-27-24(25-6-2)26-14-13-19-9-7-11-21(16-19)23(29)28(3)4;/h7-12,16-17H,5-6,13-15,18H2,1-4H3,(H2,25,26,27);1H. The van der Waals surface area contributed by atoms with Gasteiger partial charge in [0, 0.05) is 32.7 Å². The summed E-state index contributed by atoms with van der Waals surface area (Å²) in [6, 6.07) is 15.8. The molecule has 0 saturated carbocycles. The molecule has 0 saturated heterocycles. The Morgan fingerprint density at radius 3 is 2.48 bits per heavy atom. The Morgan fingerprint density at radius 1 is 1.03 bits per heavy atom. The molecule has 0 bridgehead atoms. The van der Waals surface area contributed by atoms with Gasteiger partial charge in [-0.25, -0.2) is 4.99 Å². The van der Waals surface area contributed by atoms with Gasteiger partial charge in [-0.2, -0.15) is 0 Å². The lowest BCUT2D eigenvalue weighted by Crippen LogP contribution is -2.38. The van der Waals surface area contributed by atoms with Gasteiger partial charge in [0.05, 0.1) is 13.2 Å². The van der Waals surface area contributed by atoms with Gasteiger partial charge < -0.3 is 20.3 Å². The predicted octanol–water partition coefficient (Wildman–Crippen LogP) is 4.09. The molecule has 0 aliphatic rings. The highest BCUT2D eigenvalue weighted by Gasteiger charge is 2.08. The largest absolute Gasteiger partial charge is 0.494 e. The fourth-order valence-electron chi connectivity index (χ4n) is 2.91. The maximum absolute atomic E-state index is 12.1. The molecular weight excluding hydrogens is 503 g/mol. The second-order valence-corrected chi connectivity index (χ2v) is 7.27. The molecule has 0 unspecified atom stereocenters. The third-order valence-electron chi connectivity index (χ3n) is 4.42. The molecule has 0 radical (unpaired) electrons. The van der Waals surface area contributed by atoms with E-state index in [2.05, 4.69) is 28.6 Å². The number of hydrogen-bond acceptors (Lipinski definition) is 3. The molecule has 2 rings (SSSR count). The monoisotopic (exact) mass is 538 g/mol. The number of carbonyl (C=O) groups is 1. The quantitative estimate of drug-likeness (QED) is 0.272. The molecule has 7 heteroatoms. The SMILES string of the molecule is CCCOc1cccc(CN=C(NCC)NCCc2cccc(C(=O)N(C)C)c2)c1.I. The van der Waals surface area contributed by atoms with Gasteiger partial charge in [-0.3, -0.25) is 4.79 Å². The number of rotatable bonds is 10. The normalized spacial score (nSPS) is 10.8. The van der Waals surface area contributed by atoms with Crippen LogP contribution in [0.5, 0.6) is 5.75 Å². The molecule has 0 fully saturated rings. The minimum atomic E-state index is 0. The molecule has 6 nitrogen and oxygen atoms in total. The Hall–Kier alpha value is -2.29. The van der Waals surface area contributed by atoms with Gasteiger partial charge in [0.15, 0.2) is 5.96 Å². The average Bonchev–Trinajstić information content (AvgIpc) is 2.76. The van der Waals surface area contributed by atoms with Crippen molar-refractivity contribution in [2.75, 3.05) is 33.8 Å². The van der Waals surface area contributed by atoms with E-state index in [1.165, 1.54) is 0 Å². The highest BCUT2D eigenvalue weighted by atomic mass is 127. The maximum Gasteiger partial charge on any atom is 0.253 e. The topological polar surface area (TPSA) is 66.0 Å². The van der Waals surface area contributed by atoms with Crippen LogP contribution >= 0.6 is 24.0 Å². The number of benzene rings is 2. The summed E-state index contributed by atoms with van der Waals surface area (Å²) >= 11 is 0. The molecule has 31 heavy (non-hydrogen) atoms. The molecule has 0 spiro atoms. The van der Waals surface area contributed by atoms with Crippen molar-refractivity contribution in [3.05, 3.63) is 65.2 Å². The predicted molar refractivity (Wildman–Crippen MR) is 139 cm³/mol. The van der Waals surface area contributed by atoms with Crippen LogP contribution in [0.4, 0.5) is 0 Å². The lowest BCUT2D eigenvalue weighted by atomic mass is 10.1. The lowest BCUT2D eigenvalue weighted by Gasteiger charge is -2.13. The van der Waals surface area contributed by atoms with E-state index in [9.17, 15) is 4.79 Å². The van der Waals surface area contributed by atoms with Crippen molar-refractivity contribution in [3.63, 3.8) is 0 Å². The van der Waals surface area contributed by atoms with Gasteiger partial charge in [-0.15, -0.1) is 24.0 Å². The maximum atomic E-state index is 12.1. The number of ether oxygens (including phenoxy) is 1. The molecule has 0 aliphatic carbocycles. The molecule has 0 aromatic heterocycles. The van der Waals surface area contributed by atoms with E-state index in [-0.39, 0.29) is 29.9 Å². The molecule has 0 atom stereocenters. The zero-order valence-corrected chi connectivity index (χ0v) is 21.3. The van der Waals surface area contributed by atoms with E-state index >= 15 is 0 Å². The fraction of sp³-hybridized carbons (Fsp3) is 0.417. The first-order valence-corrected chi connectivity index (χ1v) is 10.6. The minimum Gasteiger partial charge on any atom is -0.494 e. The summed E-state index contributed by atoms with van der Waals surface area (Å²) in [5.74, 6) is 1.68. The number of carbonyl (C=O) groups excluding carboxylic acids is 1. The summed E-state index contributed by atoms with van der Waals surface area (Å²) in [5.41, 5.74) is 2.94. The van der Waals surface area contributed by atoms with E-state index in [0.717, 1.165) is 55.4 Å². The third kappa shape index (κ3) is 9.59. The first kappa shape index (κ1) is 26.7. The lowest BCUT2D eigenvalue weighted by molar-refractivity contribution is 0.0827.